The maximum Gasteiger partial charge on any atom is 0.289 e. The highest BCUT2D eigenvalue weighted by Gasteiger charge is 2.24. The molecule has 0 amide bonds. The van der Waals surface area contributed by atoms with Gasteiger partial charge < -0.3 is 4.74 Å². The highest BCUT2D eigenvalue weighted by Crippen LogP contribution is 2.22. The summed E-state index contributed by atoms with van der Waals surface area (Å²) in [5.74, 6) is 0. The number of nitro groups is 1. The van der Waals surface area contributed by atoms with Crippen LogP contribution in [-0.2, 0) is 14.8 Å². The lowest BCUT2D eigenvalue weighted by atomic mass is 10.2. The molecule has 1 aromatic carbocycles. The Morgan fingerprint density at radius 3 is 2.52 bits per heavy atom. The van der Waals surface area contributed by atoms with Gasteiger partial charge in [-0.05, 0) is 18.9 Å². The Morgan fingerprint density at radius 1 is 1.13 bits per heavy atom. The number of sulfonamides is 1. The van der Waals surface area contributed by atoms with E-state index in [4.69, 9.17) is 4.74 Å². The van der Waals surface area contributed by atoms with Crippen LogP contribution in [0.5, 0.6) is 0 Å². The van der Waals surface area contributed by atoms with E-state index < -0.39 is 20.6 Å². The van der Waals surface area contributed by atoms with Crippen molar-refractivity contribution < 1.29 is 18.1 Å². The molecule has 0 saturated heterocycles. The maximum absolute atomic E-state index is 12.1. The van der Waals surface area contributed by atoms with Crippen molar-refractivity contribution in [1.82, 2.24) is 4.72 Å². The van der Waals surface area contributed by atoms with E-state index in [1.807, 2.05) is 0 Å². The Labute approximate surface area is 137 Å². The SMILES string of the molecule is CCCCCCOCCCNS(=O)(=O)c1ccccc1[N+](=O)[O-]. The Balaban J connectivity index is 2.36. The molecular formula is C15H24N2O5S. The van der Waals surface area contributed by atoms with Crippen LogP contribution in [0.2, 0.25) is 0 Å². The van der Waals surface area contributed by atoms with E-state index in [9.17, 15) is 18.5 Å². The Hall–Kier alpha value is -1.51. The molecule has 0 aliphatic heterocycles. The van der Waals surface area contributed by atoms with Crippen molar-refractivity contribution in [1.29, 1.82) is 0 Å². The lowest BCUT2D eigenvalue weighted by molar-refractivity contribution is -0.387. The molecule has 0 fully saturated rings. The number of benzene rings is 1. The average molecular weight is 344 g/mol. The van der Waals surface area contributed by atoms with Crippen LogP contribution >= 0.6 is 0 Å². The van der Waals surface area contributed by atoms with Gasteiger partial charge in [-0.25, -0.2) is 13.1 Å². The summed E-state index contributed by atoms with van der Waals surface area (Å²) in [7, 11) is -3.89. The summed E-state index contributed by atoms with van der Waals surface area (Å²) in [6.07, 6.45) is 5.04. The van der Waals surface area contributed by atoms with Crippen LogP contribution in [0.1, 0.15) is 39.0 Å². The van der Waals surface area contributed by atoms with E-state index in [1.54, 1.807) is 0 Å². The Kier molecular flexibility index (Phi) is 8.75. The minimum absolute atomic E-state index is 0.184. The molecule has 0 aliphatic carbocycles. The van der Waals surface area contributed by atoms with Crippen molar-refractivity contribution in [3.63, 3.8) is 0 Å². The van der Waals surface area contributed by atoms with Gasteiger partial charge in [-0.3, -0.25) is 10.1 Å². The zero-order valence-corrected chi connectivity index (χ0v) is 14.2. The highest BCUT2D eigenvalue weighted by molar-refractivity contribution is 7.89. The molecule has 0 heterocycles. The van der Waals surface area contributed by atoms with Crippen molar-refractivity contribution in [2.45, 2.75) is 43.9 Å². The molecule has 8 heteroatoms. The van der Waals surface area contributed by atoms with Gasteiger partial charge in [-0.1, -0.05) is 38.3 Å². The number of unbranched alkanes of at least 4 members (excludes halogenated alkanes) is 3. The predicted octanol–water partition coefficient (Wildman–Crippen LogP) is 2.86. The maximum atomic E-state index is 12.1. The lowest BCUT2D eigenvalue weighted by Crippen LogP contribution is -2.26. The zero-order chi connectivity index (χ0) is 17.1. The molecule has 0 aliphatic rings. The van der Waals surface area contributed by atoms with E-state index in [1.165, 1.54) is 37.1 Å². The van der Waals surface area contributed by atoms with Gasteiger partial charge in [-0.2, -0.15) is 0 Å². The van der Waals surface area contributed by atoms with E-state index in [0.29, 0.717) is 19.6 Å². The van der Waals surface area contributed by atoms with Gasteiger partial charge in [0.1, 0.15) is 0 Å². The molecule has 0 spiro atoms. The summed E-state index contributed by atoms with van der Waals surface area (Å²) < 4.78 is 32.0. The summed E-state index contributed by atoms with van der Waals surface area (Å²) in [6, 6.07) is 5.29. The van der Waals surface area contributed by atoms with Crippen molar-refractivity contribution in [2.24, 2.45) is 0 Å². The zero-order valence-electron chi connectivity index (χ0n) is 13.4. The Bertz CT molecular complexity index is 589. The molecule has 1 N–H and O–H groups in total. The molecule has 0 bridgehead atoms. The first kappa shape index (κ1) is 19.5. The molecule has 1 rings (SSSR count). The van der Waals surface area contributed by atoms with Crippen LogP contribution in [0.25, 0.3) is 0 Å². The molecule has 0 saturated carbocycles. The summed E-state index contributed by atoms with van der Waals surface area (Å²) in [4.78, 5) is 9.87. The molecule has 0 aromatic heterocycles. The molecule has 0 radical (unpaired) electrons. The first-order valence-corrected chi connectivity index (χ1v) is 9.28. The van der Waals surface area contributed by atoms with Crippen molar-refractivity contribution in [2.75, 3.05) is 19.8 Å². The Morgan fingerprint density at radius 2 is 1.83 bits per heavy atom. The fraction of sp³-hybridized carbons (Fsp3) is 0.600. The number of ether oxygens (including phenoxy) is 1. The van der Waals surface area contributed by atoms with Crippen LogP contribution in [0.4, 0.5) is 5.69 Å². The fourth-order valence-electron chi connectivity index (χ4n) is 2.03. The quantitative estimate of drug-likeness (QED) is 0.357. The molecular weight excluding hydrogens is 320 g/mol. The highest BCUT2D eigenvalue weighted by atomic mass is 32.2. The van der Waals surface area contributed by atoms with Crippen LogP contribution in [-0.4, -0.2) is 33.1 Å². The number of hydrogen-bond donors (Lipinski definition) is 1. The van der Waals surface area contributed by atoms with Crippen molar-refractivity contribution >= 4 is 15.7 Å². The third-order valence-electron chi connectivity index (χ3n) is 3.25. The molecule has 7 nitrogen and oxygen atoms in total. The molecule has 23 heavy (non-hydrogen) atoms. The standard InChI is InChI=1S/C15H24N2O5S/c1-2-3-4-7-12-22-13-8-11-16-23(20,21)15-10-6-5-9-14(15)17(18)19/h5-6,9-10,16H,2-4,7-8,11-13H2,1H3. The van der Waals surface area contributed by atoms with E-state index in [0.717, 1.165) is 12.8 Å². The second-order valence-corrected chi connectivity index (χ2v) is 6.88. The number of rotatable bonds is 12. The summed E-state index contributed by atoms with van der Waals surface area (Å²) in [6.45, 7) is 3.47. The normalized spacial score (nSPS) is 11.5. The smallest absolute Gasteiger partial charge is 0.289 e. The number of nitro benzene ring substituents is 1. The van der Waals surface area contributed by atoms with E-state index in [2.05, 4.69) is 11.6 Å². The fourth-order valence-corrected chi connectivity index (χ4v) is 3.27. The van der Waals surface area contributed by atoms with E-state index in [-0.39, 0.29) is 11.4 Å². The van der Waals surface area contributed by atoms with Crippen molar-refractivity contribution in [3.8, 4) is 0 Å². The van der Waals surface area contributed by atoms with E-state index >= 15 is 0 Å². The first-order chi connectivity index (χ1) is 11.0. The second kappa shape index (κ2) is 10.3. The summed E-state index contributed by atoms with van der Waals surface area (Å²) in [5.41, 5.74) is -0.424. The number of nitrogens with zero attached hydrogens (tertiary/aromatic N) is 1. The first-order valence-electron chi connectivity index (χ1n) is 7.80. The predicted molar refractivity (Wildman–Crippen MR) is 87.9 cm³/mol. The lowest BCUT2D eigenvalue weighted by Gasteiger charge is -2.07. The van der Waals surface area contributed by atoms with Gasteiger partial charge in [0.2, 0.25) is 10.0 Å². The molecule has 1 aromatic rings. The molecule has 0 atom stereocenters. The minimum Gasteiger partial charge on any atom is -0.381 e. The van der Waals surface area contributed by atoms with Gasteiger partial charge >= 0.3 is 0 Å². The third-order valence-corrected chi connectivity index (χ3v) is 4.76. The number of para-hydroxylation sites is 1. The topological polar surface area (TPSA) is 98.5 Å². The molecule has 0 unspecified atom stereocenters. The number of hydrogen-bond acceptors (Lipinski definition) is 5. The van der Waals surface area contributed by atoms with Crippen LogP contribution in [0.15, 0.2) is 29.2 Å². The molecule has 130 valence electrons. The van der Waals surface area contributed by atoms with Crippen LogP contribution in [0.3, 0.4) is 0 Å². The van der Waals surface area contributed by atoms with Crippen molar-refractivity contribution in [3.05, 3.63) is 34.4 Å². The average Bonchev–Trinajstić information content (AvgIpc) is 2.53. The van der Waals surface area contributed by atoms with Gasteiger partial charge in [0.25, 0.3) is 5.69 Å². The van der Waals surface area contributed by atoms with Gasteiger partial charge in [0, 0.05) is 25.8 Å². The third kappa shape index (κ3) is 7.06. The summed E-state index contributed by atoms with van der Waals surface area (Å²) in [5, 5.41) is 10.9. The summed E-state index contributed by atoms with van der Waals surface area (Å²) >= 11 is 0. The number of nitrogens with one attached hydrogen (secondary N) is 1. The second-order valence-electron chi connectivity index (χ2n) is 5.15. The largest absolute Gasteiger partial charge is 0.381 e. The van der Waals surface area contributed by atoms with Crippen LogP contribution in [0, 0.1) is 10.1 Å². The van der Waals surface area contributed by atoms with Gasteiger partial charge in [0.15, 0.2) is 4.90 Å². The van der Waals surface area contributed by atoms with Crippen LogP contribution < -0.4 is 4.72 Å². The van der Waals surface area contributed by atoms with Gasteiger partial charge in [-0.15, -0.1) is 0 Å². The van der Waals surface area contributed by atoms with Gasteiger partial charge in [0.05, 0.1) is 4.92 Å². The monoisotopic (exact) mass is 344 g/mol. The minimum atomic E-state index is -3.89.